The van der Waals surface area contributed by atoms with Crippen molar-refractivity contribution in [2.45, 2.75) is 45.7 Å². The van der Waals surface area contributed by atoms with Crippen LogP contribution in [0.3, 0.4) is 0 Å². The Kier molecular flexibility index (Phi) is 10.6. The van der Waals surface area contributed by atoms with Crippen molar-refractivity contribution in [1.29, 1.82) is 0 Å². The monoisotopic (exact) mass is 553 g/mol. The van der Waals surface area contributed by atoms with Crippen LogP contribution >= 0.6 is 0 Å². The van der Waals surface area contributed by atoms with E-state index in [9.17, 15) is 22.4 Å². The van der Waals surface area contributed by atoms with E-state index in [-0.39, 0.29) is 44.2 Å². The maximum atomic E-state index is 14.7. The Bertz CT molecular complexity index is 1370. The van der Waals surface area contributed by atoms with Crippen molar-refractivity contribution in [3.05, 3.63) is 101 Å². The summed E-state index contributed by atoms with van der Waals surface area (Å²) < 4.78 is 41.1. The van der Waals surface area contributed by atoms with Crippen molar-refractivity contribution >= 4 is 27.5 Å². The Labute approximate surface area is 230 Å². The summed E-state index contributed by atoms with van der Waals surface area (Å²) in [5.41, 5.74) is 2.52. The zero-order chi connectivity index (χ0) is 28.4. The molecule has 1 atom stereocenters. The summed E-state index contributed by atoms with van der Waals surface area (Å²) in [6.07, 6.45) is 1.60. The summed E-state index contributed by atoms with van der Waals surface area (Å²) in [5, 5.41) is 2.81. The Hall–Kier alpha value is -3.72. The molecule has 0 aliphatic carbocycles. The van der Waals surface area contributed by atoms with Crippen LogP contribution in [0.2, 0.25) is 0 Å². The lowest BCUT2D eigenvalue weighted by molar-refractivity contribution is -0.141. The van der Waals surface area contributed by atoms with E-state index >= 15 is 0 Å². The highest BCUT2D eigenvalue weighted by Gasteiger charge is 2.31. The highest BCUT2D eigenvalue weighted by Crippen LogP contribution is 2.23. The molecule has 0 spiro atoms. The zero-order valence-corrected chi connectivity index (χ0v) is 23.5. The molecule has 39 heavy (non-hydrogen) atoms. The average Bonchev–Trinajstić information content (AvgIpc) is 2.90. The Morgan fingerprint density at radius 1 is 0.949 bits per heavy atom. The highest BCUT2D eigenvalue weighted by molar-refractivity contribution is 7.92. The van der Waals surface area contributed by atoms with E-state index in [0.29, 0.717) is 17.8 Å². The molecule has 0 bridgehead atoms. The lowest BCUT2D eigenvalue weighted by Gasteiger charge is -2.32. The summed E-state index contributed by atoms with van der Waals surface area (Å²) in [6.45, 7) is 4.01. The minimum atomic E-state index is -3.60. The minimum absolute atomic E-state index is 0.0168. The van der Waals surface area contributed by atoms with E-state index in [1.165, 1.54) is 15.3 Å². The van der Waals surface area contributed by atoms with Gasteiger partial charge < -0.3 is 10.2 Å². The van der Waals surface area contributed by atoms with E-state index in [1.54, 1.807) is 37.3 Å². The molecule has 0 aliphatic rings. The predicted molar refractivity (Wildman–Crippen MR) is 152 cm³/mol. The second-order valence-electron chi connectivity index (χ2n) is 9.44. The smallest absolute Gasteiger partial charge is 0.243 e. The predicted octanol–water partition coefficient (Wildman–Crippen LogP) is 4.46. The first kappa shape index (κ1) is 29.8. The van der Waals surface area contributed by atoms with Crippen molar-refractivity contribution < 1.29 is 22.4 Å². The molecule has 2 amide bonds. The molecule has 0 fully saturated rings. The van der Waals surface area contributed by atoms with Crippen molar-refractivity contribution in [2.24, 2.45) is 0 Å². The fourth-order valence-corrected chi connectivity index (χ4v) is 5.50. The number of amides is 2. The Balaban J connectivity index is 1.88. The minimum Gasteiger partial charge on any atom is -0.355 e. The largest absolute Gasteiger partial charge is 0.355 e. The van der Waals surface area contributed by atoms with Gasteiger partial charge in [0, 0.05) is 38.0 Å². The van der Waals surface area contributed by atoms with Crippen molar-refractivity contribution in [2.75, 3.05) is 23.7 Å². The third-order valence-electron chi connectivity index (χ3n) is 6.46. The average molecular weight is 554 g/mol. The zero-order valence-electron chi connectivity index (χ0n) is 22.6. The molecule has 3 aromatic rings. The van der Waals surface area contributed by atoms with E-state index < -0.39 is 21.9 Å². The fourth-order valence-electron chi connectivity index (χ4n) is 4.48. The first-order valence-electron chi connectivity index (χ1n) is 13.0. The number of rotatable bonds is 13. The molecular formula is C30H36FN3O4S. The summed E-state index contributed by atoms with van der Waals surface area (Å²) in [7, 11) is -3.60. The van der Waals surface area contributed by atoms with E-state index in [4.69, 9.17) is 0 Å². The summed E-state index contributed by atoms with van der Waals surface area (Å²) >= 11 is 0. The number of halogens is 1. The lowest BCUT2D eigenvalue weighted by atomic mass is 10.0. The fraction of sp³-hybridized carbons (Fsp3) is 0.333. The third kappa shape index (κ3) is 8.38. The first-order chi connectivity index (χ1) is 18.6. The summed E-state index contributed by atoms with van der Waals surface area (Å²) in [6, 6.07) is 21.8. The number of benzene rings is 3. The molecule has 0 radical (unpaired) electrons. The topological polar surface area (TPSA) is 86.8 Å². The standard InChI is InChI=1S/C30H36FN3O4S/c1-4-32-30(36)28(21-24-14-6-5-7-15-24)33(22-25-16-9-10-17-26(25)31)29(35)19-12-20-34(39(3,37)38)27-18-11-8-13-23(27)2/h5-11,13-18,28H,4,12,19-22H2,1-3H3,(H,32,36)/t28-/m1/s1. The van der Waals surface area contributed by atoms with Crippen LogP contribution in [0.1, 0.15) is 36.5 Å². The molecule has 0 aromatic heterocycles. The number of anilines is 1. The molecular weight excluding hydrogens is 517 g/mol. The van der Waals surface area contributed by atoms with Gasteiger partial charge in [-0.25, -0.2) is 12.8 Å². The van der Waals surface area contributed by atoms with Gasteiger partial charge in [0.2, 0.25) is 21.8 Å². The Morgan fingerprint density at radius 2 is 1.59 bits per heavy atom. The van der Waals surface area contributed by atoms with Gasteiger partial charge in [-0.15, -0.1) is 0 Å². The number of hydrogen-bond donors (Lipinski definition) is 1. The second-order valence-corrected chi connectivity index (χ2v) is 11.3. The maximum absolute atomic E-state index is 14.7. The molecule has 0 saturated heterocycles. The number of aryl methyl sites for hydroxylation is 1. The molecule has 0 aliphatic heterocycles. The lowest BCUT2D eigenvalue weighted by Crippen LogP contribution is -2.50. The van der Waals surface area contributed by atoms with Crippen molar-refractivity contribution in [3.63, 3.8) is 0 Å². The van der Waals surface area contributed by atoms with Gasteiger partial charge in [0.05, 0.1) is 11.9 Å². The van der Waals surface area contributed by atoms with Gasteiger partial charge in [0.25, 0.3) is 0 Å². The number of nitrogens with zero attached hydrogens (tertiary/aromatic N) is 2. The second kappa shape index (κ2) is 13.9. The van der Waals surface area contributed by atoms with Crippen LogP contribution in [0.5, 0.6) is 0 Å². The van der Waals surface area contributed by atoms with E-state index in [1.807, 2.05) is 49.4 Å². The molecule has 1 N–H and O–H groups in total. The number of likely N-dealkylation sites (N-methyl/N-ethyl adjacent to an activating group) is 1. The first-order valence-corrected chi connectivity index (χ1v) is 14.8. The number of carbonyl (C=O) groups is 2. The highest BCUT2D eigenvalue weighted by atomic mass is 32.2. The van der Waals surface area contributed by atoms with Gasteiger partial charge in [-0.2, -0.15) is 0 Å². The van der Waals surface area contributed by atoms with Crippen LogP contribution in [0.15, 0.2) is 78.9 Å². The van der Waals surface area contributed by atoms with Crippen LogP contribution in [-0.2, 0) is 32.6 Å². The maximum Gasteiger partial charge on any atom is 0.243 e. The SMILES string of the molecule is CCNC(=O)[C@@H](Cc1ccccc1)N(Cc1ccccc1F)C(=O)CCCN(c1ccccc1C)S(C)(=O)=O. The number of nitrogens with one attached hydrogen (secondary N) is 1. The van der Waals surface area contributed by atoms with Crippen LogP contribution in [0, 0.1) is 12.7 Å². The molecule has 0 unspecified atom stereocenters. The van der Waals surface area contributed by atoms with Gasteiger partial charge in [-0.05, 0) is 43.5 Å². The van der Waals surface area contributed by atoms with Gasteiger partial charge in [0.1, 0.15) is 11.9 Å². The quantitative estimate of drug-likeness (QED) is 0.339. The number of sulfonamides is 1. The van der Waals surface area contributed by atoms with Crippen molar-refractivity contribution in [1.82, 2.24) is 10.2 Å². The Morgan fingerprint density at radius 3 is 2.23 bits per heavy atom. The van der Waals surface area contributed by atoms with Crippen LogP contribution in [0.25, 0.3) is 0 Å². The molecule has 7 nitrogen and oxygen atoms in total. The van der Waals surface area contributed by atoms with E-state index in [0.717, 1.165) is 17.4 Å². The van der Waals surface area contributed by atoms with Crippen LogP contribution in [-0.4, -0.2) is 50.5 Å². The third-order valence-corrected chi connectivity index (χ3v) is 7.64. The van der Waals surface area contributed by atoms with Gasteiger partial charge in [0.15, 0.2) is 0 Å². The van der Waals surface area contributed by atoms with Gasteiger partial charge in [-0.1, -0.05) is 66.7 Å². The number of para-hydroxylation sites is 1. The molecule has 9 heteroatoms. The summed E-state index contributed by atoms with van der Waals surface area (Å²) in [4.78, 5) is 28.3. The molecule has 208 valence electrons. The molecule has 3 aromatic carbocycles. The molecule has 0 heterocycles. The number of carbonyl (C=O) groups excluding carboxylic acids is 2. The summed E-state index contributed by atoms with van der Waals surface area (Å²) in [5.74, 6) is -1.15. The van der Waals surface area contributed by atoms with Gasteiger partial charge in [-0.3, -0.25) is 13.9 Å². The number of hydrogen-bond acceptors (Lipinski definition) is 4. The molecule has 0 saturated carbocycles. The van der Waals surface area contributed by atoms with Crippen LogP contribution in [0.4, 0.5) is 10.1 Å². The molecule has 3 rings (SSSR count). The normalized spacial score (nSPS) is 12.0. The van der Waals surface area contributed by atoms with Crippen LogP contribution < -0.4 is 9.62 Å². The van der Waals surface area contributed by atoms with Gasteiger partial charge >= 0.3 is 0 Å². The van der Waals surface area contributed by atoms with E-state index in [2.05, 4.69) is 5.32 Å². The van der Waals surface area contributed by atoms with Crippen molar-refractivity contribution in [3.8, 4) is 0 Å².